The van der Waals surface area contributed by atoms with E-state index in [-0.39, 0.29) is 24.4 Å². The van der Waals surface area contributed by atoms with Crippen LogP contribution in [0.4, 0.5) is 4.79 Å². The van der Waals surface area contributed by atoms with Crippen LogP contribution in [0.5, 0.6) is 0 Å². The minimum absolute atomic E-state index is 0. The van der Waals surface area contributed by atoms with Crippen molar-refractivity contribution in [2.45, 2.75) is 51.6 Å². The second-order valence-electron chi connectivity index (χ2n) is 5.29. The molecule has 0 aromatic heterocycles. The Balaban J connectivity index is 0.00000361. The van der Waals surface area contributed by atoms with Gasteiger partial charge >= 0.3 is 6.03 Å². The maximum atomic E-state index is 12.2. The fourth-order valence-electron chi connectivity index (χ4n) is 2.32. The lowest BCUT2D eigenvalue weighted by Crippen LogP contribution is -2.56. The molecule has 0 spiro atoms. The third-order valence-electron chi connectivity index (χ3n) is 3.63. The van der Waals surface area contributed by atoms with Gasteiger partial charge in [0.2, 0.25) is 5.91 Å². The molecule has 0 aromatic rings. The van der Waals surface area contributed by atoms with Gasteiger partial charge < -0.3 is 21.7 Å². The molecule has 0 radical (unpaired) electrons. The first-order valence-electron chi connectivity index (χ1n) is 7.11. The number of nitrogens with one attached hydrogen (secondary N) is 3. The van der Waals surface area contributed by atoms with Crippen molar-refractivity contribution in [2.75, 3.05) is 13.1 Å². The average molecular weight is 307 g/mol. The fraction of sp³-hybridized carbons (Fsp3) is 0.846. The van der Waals surface area contributed by atoms with Gasteiger partial charge in [-0.05, 0) is 25.3 Å². The molecule has 1 aliphatic heterocycles. The number of urea groups is 1. The Labute approximate surface area is 127 Å². The normalized spacial score (nSPS) is 23.3. The van der Waals surface area contributed by atoms with Crippen LogP contribution < -0.4 is 21.7 Å². The highest BCUT2D eigenvalue weighted by atomic mass is 35.5. The third kappa shape index (κ3) is 6.43. The van der Waals surface area contributed by atoms with E-state index in [4.69, 9.17) is 5.73 Å². The SMILES string of the molecule is CCCCC(NC(N)=O)C(=O)NC1CNCCC1C.Cl. The lowest BCUT2D eigenvalue weighted by Gasteiger charge is -2.31. The first kappa shape index (κ1) is 19.0. The van der Waals surface area contributed by atoms with Crippen molar-refractivity contribution in [3.05, 3.63) is 0 Å². The van der Waals surface area contributed by atoms with Gasteiger partial charge in [0, 0.05) is 12.6 Å². The summed E-state index contributed by atoms with van der Waals surface area (Å²) in [7, 11) is 0. The van der Waals surface area contributed by atoms with Gasteiger partial charge in [0.1, 0.15) is 6.04 Å². The van der Waals surface area contributed by atoms with Gasteiger partial charge in [-0.15, -0.1) is 12.4 Å². The molecule has 118 valence electrons. The molecule has 3 atom stereocenters. The summed E-state index contributed by atoms with van der Waals surface area (Å²) in [5, 5.41) is 8.80. The zero-order chi connectivity index (χ0) is 14.3. The molecule has 1 heterocycles. The van der Waals surface area contributed by atoms with E-state index in [1.807, 2.05) is 6.92 Å². The summed E-state index contributed by atoms with van der Waals surface area (Å²) < 4.78 is 0. The molecule has 7 heteroatoms. The van der Waals surface area contributed by atoms with E-state index in [1.165, 1.54) is 0 Å². The lowest BCUT2D eigenvalue weighted by molar-refractivity contribution is -0.124. The molecule has 0 aromatic carbocycles. The number of halogens is 1. The van der Waals surface area contributed by atoms with E-state index in [0.717, 1.165) is 32.4 Å². The summed E-state index contributed by atoms with van der Waals surface area (Å²) >= 11 is 0. The number of amides is 3. The van der Waals surface area contributed by atoms with Crippen molar-refractivity contribution in [3.63, 3.8) is 0 Å². The Bertz CT molecular complexity index is 315. The van der Waals surface area contributed by atoms with Gasteiger partial charge in [-0.1, -0.05) is 26.7 Å². The van der Waals surface area contributed by atoms with E-state index < -0.39 is 12.1 Å². The topological polar surface area (TPSA) is 96.2 Å². The second-order valence-corrected chi connectivity index (χ2v) is 5.29. The summed E-state index contributed by atoms with van der Waals surface area (Å²) in [6.45, 7) is 5.96. The third-order valence-corrected chi connectivity index (χ3v) is 3.63. The molecule has 1 aliphatic rings. The van der Waals surface area contributed by atoms with E-state index in [0.29, 0.717) is 12.3 Å². The number of primary amides is 1. The smallest absolute Gasteiger partial charge is 0.312 e. The van der Waals surface area contributed by atoms with Gasteiger partial charge in [0.05, 0.1) is 0 Å². The standard InChI is InChI=1S/C13H26N4O2.ClH/c1-3-4-5-10(17-13(14)19)12(18)16-11-8-15-7-6-9(11)2;/h9-11,15H,3-8H2,1-2H3,(H,16,18)(H3,14,17,19);1H. The van der Waals surface area contributed by atoms with Crippen LogP contribution >= 0.6 is 12.4 Å². The molecular weight excluding hydrogens is 280 g/mol. The van der Waals surface area contributed by atoms with Crippen LogP contribution in [0.3, 0.4) is 0 Å². The highest BCUT2D eigenvalue weighted by Gasteiger charge is 2.26. The van der Waals surface area contributed by atoms with Gasteiger partial charge in [-0.2, -0.15) is 0 Å². The molecule has 0 saturated carbocycles. The number of hydrogen-bond acceptors (Lipinski definition) is 3. The molecule has 3 amide bonds. The highest BCUT2D eigenvalue weighted by molar-refractivity contribution is 5.86. The van der Waals surface area contributed by atoms with Crippen molar-refractivity contribution in [3.8, 4) is 0 Å². The molecule has 6 nitrogen and oxygen atoms in total. The van der Waals surface area contributed by atoms with Crippen molar-refractivity contribution in [1.29, 1.82) is 0 Å². The number of unbranched alkanes of at least 4 members (excludes halogenated alkanes) is 1. The summed E-state index contributed by atoms with van der Waals surface area (Å²) in [5.74, 6) is 0.318. The Kier molecular flexibility index (Phi) is 9.33. The minimum atomic E-state index is -0.647. The summed E-state index contributed by atoms with van der Waals surface area (Å²) in [4.78, 5) is 23.1. The van der Waals surface area contributed by atoms with Gasteiger partial charge in [0.15, 0.2) is 0 Å². The highest BCUT2D eigenvalue weighted by Crippen LogP contribution is 2.12. The van der Waals surface area contributed by atoms with Crippen LogP contribution in [0.15, 0.2) is 0 Å². The van der Waals surface area contributed by atoms with Gasteiger partial charge in [-0.25, -0.2) is 4.79 Å². The van der Waals surface area contributed by atoms with Gasteiger partial charge in [-0.3, -0.25) is 4.79 Å². The maximum absolute atomic E-state index is 12.2. The second kappa shape index (κ2) is 9.83. The summed E-state index contributed by atoms with van der Waals surface area (Å²) in [6, 6.07) is -1.04. The van der Waals surface area contributed by atoms with Crippen molar-refractivity contribution >= 4 is 24.3 Å². The maximum Gasteiger partial charge on any atom is 0.312 e. The first-order chi connectivity index (χ1) is 9.04. The fourth-order valence-corrected chi connectivity index (χ4v) is 2.32. The molecule has 0 aliphatic carbocycles. The molecule has 1 fully saturated rings. The van der Waals surface area contributed by atoms with Crippen molar-refractivity contribution < 1.29 is 9.59 Å². The number of carbonyl (C=O) groups is 2. The number of rotatable bonds is 6. The Hall–Kier alpha value is -1.01. The Morgan fingerprint density at radius 1 is 1.45 bits per heavy atom. The number of nitrogens with two attached hydrogens (primary N) is 1. The van der Waals surface area contributed by atoms with Crippen LogP contribution in [0.1, 0.15) is 39.5 Å². The Morgan fingerprint density at radius 2 is 2.15 bits per heavy atom. The van der Waals surface area contributed by atoms with Crippen molar-refractivity contribution in [1.82, 2.24) is 16.0 Å². The zero-order valence-electron chi connectivity index (χ0n) is 12.3. The van der Waals surface area contributed by atoms with Crippen LogP contribution in [0.25, 0.3) is 0 Å². The van der Waals surface area contributed by atoms with Crippen LogP contribution in [-0.2, 0) is 4.79 Å². The molecule has 1 rings (SSSR count). The molecule has 20 heavy (non-hydrogen) atoms. The van der Waals surface area contributed by atoms with Gasteiger partial charge in [0.25, 0.3) is 0 Å². The van der Waals surface area contributed by atoms with E-state index >= 15 is 0 Å². The van der Waals surface area contributed by atoms with E-state index in [1.54, 1.807) is 0 Å². The molecular formula is C13H27ClN4O2. The van der Waals surface area contributed by atoms with E-state index in [9.17, 15) is 9.59 Å². The summed E-state index contributed by atoms with van der Waals surface area (Å²) in [6.07, 6.45) is 3.54. The Morgan fingerprint density at radius 3 is 2.70 bits per heavy atom. The minimum Gasteiger partial charge on any atom is -0.352 e. The van der Waals surface area contributed by atoms with Crippen molar-refractivity contribution in [2.24, 2.45) is 11.7 Å². The average Bonchev–Trinajstić information content (AvgIpc) is 2.36. The molecule has 5 N–H and O–H groups in total. The number of carbonyl (C=O) groups excluding carboxylic acids is 2. The number of hydrogen-bond donors (Lipinski definition) is 4. The molecule has 1 saturated heterocycles. The van der Waals surface area contributed by atoms with Crippen LogP contribution in [-0.4, -0.2) is 37.1 Å². The predicted octanol–water partition coefficient (Wildman–Crippen LogP) is 0.750. The van der Waals surface area contributed by atoms with E-state index in [2.05, 4.69) is 22.9 Å². The quantitative estimate of drug-likeness (QED) is 0.583. The zero-order valence-corrected chi connectivity index (χ0v) is 13.1. The molecule has 0 bridgehead atoms. The first-order valence-corrected chi connectivity index (χ1v) is 7.11. The lowest BCUT2D eigenvalue weighted by atomic mass is 9.94. The molecule has 3 unspecified atom stereocenters. The summed E-state index contributed by atoms with van der Waals surface area (Å²) in [5.41, 5.74) is 5.12. The monoisotopic (exact) mass is 306 g/mol. The predicted molar refractivity (Wildman–Crippen MR) is 81.9 cm³/mol. The largest absolute Gasteiger partial charge is 0.352 e. The van der Waals surface area contributed by atoms with Crippen LogP contribution in [0, 0.1) is 5.92 Å². The number of piperidine rings is 1. The van der Waals surface area contributed by atoms with Crippen LogP contribution in [0.2, 0.25) is 0 Å².